The Morgan fingerprint density at radius 3 is 0.918 bits per heavy atom. The van der Waals surface area contributed by atoms with Crippen LogP contribution in [0.25, 0.3) is 41.7 Å². The van der Waals surface area contributed by atoms with E-state index in [1.807, 2.05) is 98.8 Å². The molecule has 0 radical (unpaired) electrons. The maximum absolute atomic E-state index is 12.6. The lowest BCUT2D eigenvalue weighted by Crippen LogP contribution is -2.12. The predicted octanol–water partition coefficient (Wildman–Crippen LogP) is 27.2. The molecule has 0 saturated heterocycles. The standard InChI is InChI=1S/C99H106O9S2.C11H12O/c1-16-25-32-67(21-6)62-105-87-59-75(83(101-12)54-73(87)31-20-5)46-47-76-60-90(108-65-70(24-9)35-28-19-4)80(57-85(76)103-14)51-53-94-98-82-37-30-38-91-95(82)97(81-36-29-39-92(110-94)96(81)98)93(109-91)52-50-77-61-89(107-64-69(23-8)34-27-18-3)79(56-86(77)104-15)49-48-78-55-84(102-13)74(58-88(78)106-63-68(22-7)33-26-17-2)45-42-71-40-43-72(44-41-71)99(100)66(10)11;1-8(2)11(12)10-6-4-9(3)5-7-10/h29-30,36-41,43-44,54-61,67-70H,10,16-19,21-28,32-35,62-65H2,1-9,11-15H3;4-7H,1H2,2-3H3. The lowest BCUT2D eigenvalue weighted by molar-refractivity contribution is 0.102. The minimum Gasteiger partial charge on any atom is -0.495 e. The Hall–Kier alpha value is -11.7. The average molecular weight is 1660 g/mol. The van der Waals surface area contributed by atoms with Gasteiger partial charge in [0.1, 0.15) is 46.0 Å². The summed E-state index contributed by atoms with van der Waals surface area (Å²) < 4.78 is 53.8. The normalized spacial score (nSPS) is 11.7. The van der Waals surface area contributed by atoms with Crippen LogP contribution in [0.5, 0.6) is 46.0 Å². The van der Waals surface area contributed by atoms with Crippen molar-refractivity contribution in [1.29, 1.82) is 0 Å². The van der Waals surface area contributed by atoms with Gasteiger partial charge in [-0.05, 0) is 147 Å². The SMILES string of the molecule is C=C(C)C(=O)c1ccc(C#Cc2cc(OCC(CC)CCCC)c(C#Cc3cc(OC)c(C#Cc4sc5cccc6c7c(C#Cc8cc(OC)c(C#Cc9cc(OCC(CC)CCCC)c(C#CC)cc9OC)cc8OCC(CC)CCCC)sc8cccc(c4c56)c87)cc3OCC(CC)CCCC)cc2OC)cc1.C=C(C)C(=O)c1ccc(C)cc1. The second kappa shape index (κ2) is 46.3. The number of thiophene rings is 2. The van der Waals surface area contributed by atoms with E-state index in [-0.39, 0.29) is 11.6 Å². The highest BCUT2D eigenvalue weighted by molar-refractivity contribution is 7.22. The molecule has 0 bridgehead atoms. The smallest absolute Gasteiger partial charge is 0.188 e. The summed E-state index contributed by atoms with van der Waals surface area (Å²) in [6.45, 7) is 34.7. The summed E-state index contributed by atoms with van der Waals surface area (Å²) in [7, 11) is 6.65. The van der Waals surface area contributed by atoms with Gasteiger partial charge in [0.25, 0.3) is 0 Å². The van der Waals surface area contributed by atoms with Gasteiger partial charge in [0.05, 0.1) is 109 Å². The van der Waals surface area contributed by atoms with Crippen molar-refractivity contribution in [3.05, 3.63) is 234 Å². The lowest BCUT2D eigenvalue weighted by atomic mass is 9.94. The van der Waals surface area contributed by atoms with Crippen molar-refractivity contribution in [2.75, 3.05) is 54.9 Å². The Morgan fingerprint density at radius 2 is 0.631 bits per heavy atom. The molecule has 4 unspecified atom stereocenters. The quantitative estimate of drug-likeness (QED) is 0.0163. The van der Waals surface area contributed by atoms with Crippen LogP contribution in [0, 0.1) is 102 Å². The molecule has 630 valence electrons. The summed E-state index contributed by atoms with van der Waals surface area (Å²) in [5.74, 6) is 47.8. The van der Waals surface area contributed by atoms with Crippen LogP contribution < -0.4 is 37.9 Å². The zero-order chi connectivity index (χ0) is 87.2. The largest absolute Gasteiger partial charge is 0.495 e. The van der Waals surface area contributed by atoms with Gasteiger partial charge in [0, 0.05) is 96.2 Å². The van der Waals surface area contributed by atoms with Crippen LogP contribution >= 0.6 is 22.7 Å². The van der Waals surface area contributed by atoms with Gasteiger partial charge in [-0.3, -0.25) is 9.59 Å². The fourth-order valence-electron chi connectivity index (χ4n) is 14.7. The van der Waals surface area contributed by atoms with Crippen molar-refractivity contribution in [1.82, 2.24) is 0 Å². The number of methoxy groups -OCH3 is 4. The lowest BCUT2D eigenvalue weighted by Gasteiger charge is -2.18. The molecule has 0 N–H and O–H groups in total. The number of rotatable bonds is 36. The van der Waals surface area contributed by atoms with Gasteiger partial charge < -0.3 is 37.9 Å². The molecular weight excluding hydrogens is 1550 g/mol. The Bertz CT molecular complexity index is 5910. The molecule has 2 aromatic heterocycles. The molecule has 4 atom stereocenters. The molecule has 0 aliphatic rings. The molecule has 9 aromatic carbocycles. The molecule has 0 aliphatic heterocycles. The molecule has 0 spiro atoms. The van der Waals surface area contributed by atoms with Gasteiger partial charge in [-0.25, -0.2) is 0 Å². The first-order valence-corrected chi connectivity index (χ1v) is 45.0. The highest BCUT2D eigenvalue weighted by atomic mass is 32.1. The molecule has 2 heterocycles. The van der Waals surface area contributed by atoms with Crippen molar-refractivity contribution in [2.45, 2.75) is 186 Å². The van der Waals surface area contributed by atoms with Crippen molar-refractivity contribution < 1.29 is 47.5 Å². The summed E-state index contributed by atoms with van der Waals surface area (Å²) in [5, 5.41) is 6.79. The summed E-state index contributed by atoms with van der Waals surface area (Å²) in [4.78, 5) is 25.9. The average Bonchev–Trinajstić information content (AvgIpc) is 1.54. The molecular formula is C110H118O10S2. The van der Waals surface area contributed by atoms with E-state index in [0.717, 1.165) is 164 Å². The molecule has 0 amide bonds. The Morgan fingerprint density at radius 1 is 0.352 bits per heavy atom. The monoisotopic (exact) mass is 1660 g/mol. The number of benzene rings is 9. The molecule has 11 aromatic rings. The van der Waals surface area contributed by atoms with Crippen molar-refractivity contribution in [2.24, 2.45) is 23.7 Å². The van der Waals surface area contributed by atoms with E-state index in [0.29, 0.717) is 157 Å². The number of unbranched alkanes of at least 4 members (excludes halogenated alkanes) is 4. The summed E-state index contributed by atoms with van der Waals surface area (Å²) >= 11 is 3.40. The van der Waals surface area contributed by atoms with E-state index < -0.39 is 0 Å². The van der Waals surface area contributed by atoms with E-state index in [9.17, 15) is 9.59 Å². The first kappa shape index (κ1) is 92.5. The molecule has 122 heavy (non-hydrogen) atoms. The number of aryl methyl sites for hydroxylation is 1. The minimum atomic E-state index is -0.0961. The molecule has 0 fully saturated rings. The highest BCUT2D eigenvalue weighted by Crippen LogP contribution is 2.49. The third kappa shape index (κ3) is 23.9. The van der Waals surface area contributed by atoms with Crippen LogP contribution in [0.2, 0.25) is 0 Å². The third-order valence-electron chi connectivity index (χ3n) is 22.4. The maximum atomic E-state index is 12.6. The Kier molecular flexibility index (Phi) is 35.1. The van der Waals surface area contributed by atoms with Gasteiger partial charge in [-0.15, -0.1) is 28.6 Å². The minimum absolute atomic E-state index is 0.0231. The van der Waals surface area contributed by atoms with Crippen LogP contribution in [0.1, 0.15) is 265 Å². The van der Waals surface area contributed by atoms with Crippen molar-refractivity contribution in [3.63, 3.8) is 0 Å². The number of carbonyl (C=O) groups excluding carboxylic acids is 2. The van der Waals surface area contributed by atoms with Crippen LogP contribution in [0.3, 0.4) is 0 Å². The fraction of sp³-hybridized carbons (Fsp3) is 0.364. The number of hydrogen-bond donors (Lipinski definition) is 0. The number of hydrogen-bond acceptors (Lipinski definition) is 12. The second-order valence-corrected chi connectivity index (χ2v) is 33.5. The zero-order valence-corrected chi connectivity index (χ0v) is 76.1. The van der Waals surface area contributed by atoms with Crippen molar-refractivity contribution >= 4 is 76.0 Å². The van der Waals surface area contributed by atoms with Crippen LogP contribution in [0.15, 0.2) is 158 Å². The van der Waals surface area contributed by atoms with E-state index in [1.165, 1.54) is 6.42 Å². The zero-order valence-electron chi connectivity index (χ0n) is 74.5. The molecule has 10 nitrogen and oxygen atoms in total. The van der Waals surface area contributed by atoms with E-state index in [4.69, 9.17) is 37.9 Å². The van der Waals surface area contributed by atoms with Gasteiger partial charge in [0.15, 0.2) is 11.6 Å². The molecule has 12 heteroatoms. The van der Waals surface area contributed by atoms with Gasteiger partial charge in [-0.1, -0.05) is 253 Å². The third-order valence-corrected chi connectivity index (χ3v) is 24.5. The van der Waals surface area contributed by atoms with Crippen LogP contribution in [-0.2, 0) is 0 Å². The van der Waals surface area contributed by atoms with E-state index >= 15 is 0 Å². The number of carbonyl (C=O) groups is 2. The topological polar surface area (TPSA) is 108 Å². The van der Waals surface area contributed by atoms with Crippen LogP contribution in [-0.4, -0.2) is 66.4 Å². The highest BCUT2D eigenvalue weighted by Gasteiger charge is 2.24. The Balaban J connectivity index is 0.00000119. The summed E-state index contributed by atoms with van der Waals surface area (Å²) in [6.07, 6.45) is 17.3. The van der Waals surface area contributed by atoms with Crippen molar-refractivity contribution in [3.8, 4) is 117 Å². The number of ketones is 2. The first-order valence-electron chi connectivity index (χ1n) is 43.4. The summed E-state index contributed by atoms with van der Waals surface area (Å²) in [6, 6.07) is 43.5. The van der Waals surface area contributed by atoms with Gasteiger partial charge in [0.2, 0.25) is 0 Å². The van der Waals surface area contributed by atoms with Gasteiger partial charge >= 0.3 is 0 Å². The number of allylic oxidation sites excluding steroid dienone is 2. The molecule has 11 rings (SSSR count). The van der Waals surface area contributed by atoms with E-state index in [1.54, 1.807) is 77.1 Å². The fourth-order valence-corrected chi connectivity index (χ4v) is 16.9. The van der Waals surface area contributed by atoms with E-state index in [2.05, 4.69) is 176 Å². The molecule has 0 aliphatic carbocycles. The number of ether oxygens (including phenoxy) is 8. The second-order valence-electron chi connectivity index (χ2n) is 31.4. The van der Waals surface area contributed by atoms with Gasteiger partial charge in [-0.2, -0.15) is 0 Å². The Labute approximate surface area is 734 Å². The maximum Gasteiger partial charge on any atom is 0.188 e. The number of fused-ring (bicyclic) bond motifs is 2. The predicted molar refractivity (Wildman–Crippen MR) is 509 cm³/mol. The summed E-state index contributed by atoms with van der Waals surface area (Å²) in [5.41, 5.74) is 9.73. The van der Waals surface area contributed by atoms with Crippen LogP contribution in [0.4, 0.5) is 0 Å². The number of Topliss-reactive ketones (excluding diaryl/α,β-unsaturated/α-hetero) is 2. The first-order chi connectivity index (χ1) is 59.3. The molecule has 0 saturated carbocycles.